The molecule has 1 aromatic heterocycles. The van der Waals surface area contributed by atoms with Gasteiger partial charge in [0.2, 0.25) is 0 Å². The minimum absolute atomic E-state index is 0.0483. The van der Waals surface area contributed by atoms with Crippen LogP contribution in [0, 0.1) is 6.92 Å². The average molecular weight is 433 g/mol. The van der Waals surface area contributed by atoms with Crippen molar-refractivity contribution >= 4 is 40.2 Å². The van der Waals surface area contributed by atoms with E-state index in [1.54, 1.807) is 32.9 Å². The second-order valence-electron chi connectivity index (χ2n) is 6.86. The van der Waals surface area contributed by atoms with Crippen LogP contribution in [0.15, 0.2) is 30.3 Å². The summed E-state index contributed by atoms with van der Waals surface area (Å²) in [5.74, 6) is -2.58. The van der Waals surface area contributed by atoms with E-state index in [4.69, 9.17) is 14.2 Å². The molecule has 0 aliphatic rings. The Morgan fingerprint density at radius 3 is 2.17 bits per heavy atom. The summed E-state index contributed by atoms with van der Waals surface area (Å²) >= 11 is 0.880. The molecule has 160 valence electrons. The monoisotopic (exact) mass is 433 g/mol. The number of methoxy groups -OCH3 is 2. The lowest BCUT2D eigenvalue weighted by atomic mass is 9.85. The average Bonchev–Trinajstić information content (AvgIpc) is 3.06. The van der Waals surface area contributed by atoms with Crippen LogP contribution in [0.4, 0.5) is 5.00 Å². The third-order valence-corrected chi connectivity index (χ3v) is 5.69. The van der Waals surface area contributed by atoms with Gasteiger partial charge in [-0.2, -0.15) is 0 Å². The number of rotatable bonds is 7. The number of esters is 3. The number of hydrogen-bond acceptors (Lipinski definition) is 8. The summed E-state index contributed by atoms with van der Waals surface area (Å²) in [5.41, 5.74) is 0.180. The molecule has 0 unspecified atom stereocenters. The van der Waals surface area contributed by atoms with Gasteiger partial charge in [-0.05, 0) is 31.9 Å². The van der Waals surface area contributed by atoms with Crippen LogP contribution in [0.2, 0.25) is 0 Å². The third kappa shape index (κ3) is 4.85. The maximum Gasteiger partial charge on any atom is 0.348 e. The predicted molar refractivity (Wildman–Crippen MR) is 111 cm³/mol. The molecular weight excluding hydrogens is 410 g/mol. The molecule has 0 fully saturated rings. The molecule has 0 spiro atoms. The minimum atomic E-state index is -0.948. The summed E-state index contributed by atoms with van der Waals surface area (Å²) in [5, 5.41) is 2.62. The second kappa shape index (κ2) is 9.53. The van der Waals surface area contributed by atoms with Gasteiger partial charge in [-0.15, -0.1) is 11.3 Å². The fourth-order valence-electron chi connectivity index (χ4n) is 2.68. The summed E-state index contributed by atoms with van der Waals surface area (Å²) in [6, 6.07) is 9.05. The van der Waals surface area contributed by atoms with Crippen LogP contribution in [0.25, 0.3) is 0 Å². The molecule has 8 nitrogen and oxygen atoms in total. The van der Waals surface area contributed by atoms with Crippen molar-refractivity contribution in [2.24, 2.45) is 0 Å². The highest BCUT2D eigenvalue weighted by Gasteiger charge is 2.32. The Kier molecular flexibility index (Phi) is 7.33. The van der Waals surface area contributed by atoms with Gasteiger partial charge in [-0.1, -0.05) is 30.3 Å². The number of nitrogens with one attached hydrogen (secondary N) is 1. The van der Waals surface area contributed by atoms with E-state index in [1.807, 2.05) is 18.2 Å². The Balaban J connectivity index is 2.13. The van der Waals surface area contributed by atoms with Crippen LogP contribution in [-0.4, -0.2) is 44.6 Å². The molecule has 0 aliphatic heterocycles. The summed E-state index contributed by atoms with van der Waals surface area (Å²) in [7, 11) is 2.40. The normalized spacial score (nSPS) is 10.8. The number of amides is 1. The molecule has 0 atom stereocenters. The molecule has 1 aromatic carbocycles. The van der Waals surface area contributed by atoms with Gasteiger partial charge in [-0.3, -0.25) is 9.59 Å². The van der Waals surface area contributed by atoms with Crippen molar-refractivity contribution in [1.29, 1.82) is 0 Å². The van der Waals surface area contributed by atoms with Gasteiger partial charge in [-0.25, -0.2) is 9.59 Å². The molecule has 1 N–H and O–H groups in total. The number of anilines is 1. The van der Waals surface area contributed by atoms with Crippen molar-refractivity contribution in [2.75, 3.05) is 26.1 Å². The molecule has 2 rings (SSSR count). The number of ether oxygens (including phenoxy) is 3. The summed E-state index contributed by atoms with van der Waals surface area (Å²) in [6.45, 7) is 4.39. The van der Waals surface area contributed by atoms with E-state index in [2.05, 4.69) is 5.32 Å². The smallest absolute Gasteiger partial charge is 0.348 e. The number of benzene rings is 1. The summed E-state index contributed by atoms with van der Waals surface area (Å²) in [4.78, 5) is 49.0. The van der Waals surface area contributed by atoms with Crippen LogP contribution in [0.5, 0.6) is 0 Å². The number of hydrogen-bond donors (Lipinski definition) is 1. The van der Waals surface area contributed by atoms with Gasteiger partial charge >= 0.3 is 17.9 Å². The van der Waals surface area contributed by atoms with Crippen molar-refractivity contribution in [2.45, 2.75) is 26.2 Å². The molecule has 1 heterocycles. The van der Waals surface area contributed by atoms with Gasteiger partial charge in [0.1, 0.15) is 9.88 Å². The summed E-state index contributed by atoms with van der Waals surface area (Å²) in [6.07, 6.45) is 0. The maximum atomic E-state index is 12.5. The Morgan fingerprint density at radius 1 is 1.00 bits per heavy atom. The zero-order valence-electron chi connectivity index (χ0n) is 17.4. The zero-order chi connectivity index (χ0) is 22.5. The molecule has 0 saturated heterocycles. The fraction of sp³-hybridized carbons (Fsp3) is 0.333. The highest BCUT2D eigenvalue weighted by atomic mass is 32.1. The van der Waals surface area contributed by atoms with Crippen molar-refractivity contribution in [3.63, 3.8) is 0 Å². The standard InChI is InChI=1S/C21H23NO7S/c1-12-15(18(24)27-4)17(30-16(12)19(25)28-5)22-14(23)11-29-20(26)21(2,3)13-9-7-6-8-10-13/h6-10H,11H2,1-5H3,(H,22,23). The van der Waals surface area contributed by atoms with E-state index in [-0.39, 0.29) is 15.4 Å². The van der Waals surface area contributed by atoms with E-state index in [1.165, 1.54) is 14.2 Å². The molecular formula is C21H23NO7S. The molecule has 0 saturated carbocycles. The topological polar surface area (TPSA) is 108 Å². The summed E-state index contributed by atoms with van der Waals surface area (Å²) < 4.78 is 14.6. The molecule has 0 bridgehead atoms. The van der Waals surface area contributed by atoms with Crippen molar-refractivity contribution < 1.29 is 33.4 Å². The van der Waals surface area contributed by atoms with Crippen LogP contribution in [-0.2, 0) is 29.2 Å². The maximum absolute atomic E-state index is 12.5. The van der Waals surface area contributed by atoms with Gasteiger partial charge < -0.3 is 19.5 Å². The van der Waals surface area contributed by atoms with Crippen molar-refractivity contribution in [3.05, 3.63) is 51.9 Å². The largest absolute Gasteiger partial charge is 0.465 e. The highest BCUT2D eigenvalue weighted by molar-refractivity contribution is 7.18. The molecule has 9 heteroatoms. The molecule has 1 amide bonds. The Labute approximate surface area is 178 Å². The van der Waals surface area contributed by atoms with Gasteiger partial charge in [0.15, 0.2) is 6.61 Å². The van der Waals surface area contributed by atoms with Gasteiger partial charge in [0, 0.05) is 0 Å². The lowest BCUT2D eigenvalue weighted by molar-refractivity contribution is -0.152. The Morgan fingerprint density at radius 2 is 1.60 bits per heavy atom. The lowest BCUT2D eigenvalue weighted by Gasteiger charge is -2.22. The number of thiophene rings is 1. The molecule has 0 aliphatic carbocycles. The van der Waals surface area contributed by atoms with Crippen LogP contribution >= 0.6 is 11.3 Å². The molecule has 30 heavy (non-hydrogen) atoms. The number of carbonyl (C=O) groups excluding carboxylic acids is 4. The first-order valence-corrected chi connectivity index (χ1v) is 9.77. The van der Waals surface area contributed by atoms with Crippen molar-refractivity contribution in [1.82, 2.24) is 0 Å². The van der Waals surface area contributed by atoms with Crippen LogP contribution in [0.3, 0.4) is 0 Å². The predicted octanol–water partition coefficient (Wildman–Crippen LogP) is 3.09. The fourth-order valence-corrected chi connectivity index (χ4v) is 3.81. The molecule has 2 aromatic rings. The van der Waals surface area contributed by atoms with E-state index in [0.717, 1.165) is 16.9 Å². The zero-order valence-corrected chi connectivity index (χ0v) is 18.2. The lowest BCUT2D eigenvalue weighted by Crippen LogP contribution is -2.33. The van der Waals surface area contributed by atoms with Gasteiger partial charge in [0.05, 0.1) is 25.2 Å². The first kappa shape index (κ1) is 23.1. The quantitative estimate of drug-likeness (QED) is 0.528. The van der Waals surface area contributed by atoms with Crippen LogP contribution < -0.4 is 5.32 Å². The van der Waals surface area contributed by atoms with E-state index in [9.17, 15) is 19.2 Å². The molecule has 0 radical (unpaired) electrons. The third-order valence-electron chi connectivity index (χ3n) is 4.50. The van der Waals surface area contributed by atoms with E-state index in [0.29, 0.717) is 5.56 Å². The van der Waals surface area contributed by atoms with E-state index < -0.39 is 35.8 Å². The Bertz CT molecular complexity index is 963. The van der Waals surface area contributed by atoms with Gasteiger partial charge in [0.25, 0.3) is 5.91 Å². The van der Waals surface area contributed by atoms with Crippen LogP contribution in [0.1, 0.15) is 45.0 Å². The Hall–Kier alpha value is -3.20. The highest BCUT2D eigenvalue weighted by Crippen LogP contribution is 2.34. The first-order chi connectivity index (χ1) is 14.1. The van der Waals surface area contributed by atoms with Crippen molar-refractivity contribution in [3.8, 4) is 0 Å². The van der Waals surface area contributed by atoms with E-state index >= 15 is 0 Å². The number of carbonyl (C=O) groups is 4. The first-order valence-electron chi connectivity index (χ1n) is 8.96. The minimum Gasteiger partial charge on any atom is -0.465 e. The SMILES string of the molecule is COC(=O)c1sc(NC(=O)COC(=O)C(C)(C)c2ccccc2)c(C(=O)OC)c1C. The second-order valence-corrected chi connectivity index (χ2v) is 7.88.